The number of ether oxygens (including phenoxy) is 1. The van der Waals surface area contributed by atoms with Crippen molar-refractivity contribution in [3.63, 3.8) is 0 Å². The van der Waals surface area contributed by atoms with Crippen molar-refractivity contribution in [3.05, 3.63) is 40.4 Å². The Hall–Kier alpha value is -1.37. The largest absolute Gasteiger partial charge is 0.492 e. The van der Waals surface area contributed by atoms with Crippen molar-refractivity contribution in [3.8, 4) is 5.75 Å². The lowest BCUT2D eigenvalue weighted by Crippen LogP contribution is -2.27. The van der Waals surface area contributed by atoms with E-state index in [9.17, 15) is 0 Å². The maximum absolute atomic E-state index is 5.92. The van der Waals surface area contributed by atoms with Gasteiger partial charge < -0.3 is 9.30 Å². The van der Waals surface area contributed by atoms with E-state index in [2.05, 4.69) is 23.8 Å². The van der Waals surface area contributed by atoms with Crippen LogP contribution in [0.5, 0.6) is 5.75 Å². The second-order valence-electron chi connectivity index (χ2n) is 5.44. The summed E-state index contributed by atoms with van der Waals surface area (Å²) in [5, 5.41) is 5.01. The average molecular weight is 341 g/mol. The van der Waals surface area contributed by atoms with Crippen LogP contribution in [-0.2, 0) is 6.67 Å². The molecule has 0 aliphatic rings. The minimum atomic E-state index is 0.317. The van der Waals surface area contributed by atoms with Gasteiger partial charge in [0.2, 0.25) is 0 Å². The van der Waals surface area contributed by atoms with E-state index in [1.807, 2.05) is 40.6 Å². The molecule has 0 aliphatic heterocycles. The topological polar surface area (TPSA) is 35.2 Å². The van der Waals surface area contributed by atoms with Gasteiger partial charge in [0.1, 0.15) is 18.7 Å². The molecule has 0 unspecified atom stereocenters. The van der Waals surface area contributed by atoms with Crippen molar-refractivity contribution in [2.75, 3.05) is 20.2 Å². The number of likely N-dealkylation sites (N-methyl/N-ethyl adjacent to an activating group) is 1. The van der Waals surface area contributed by atoms with Gasteiger partial charge in [0.25, 0.3) is 0 Å². The van der Waals surface area contributed by atoms with E-state index in [0.717, 1.165) is 17.1 Å². The summed E-state index contributed by atoms with van der Waals surface area (Å²) in [4.78, 5) is 2.11. The third-order valence-corrected chi connectivity index (χ3v) is 3.88. The Morgan fingerprint density at radius 1 is 1.41 bits per heavy atom. The van der Waals surface area contributed by atoms with Crippen LogP contribution in [0.4, 0.5) is 0 Å². The summed E-state index contributed by atoms with van der Waals surface area (Å²) in [6.45, 7) is 6.16. The van der Waals surface area contributed by atoms with Gasteiger partial charge in [-0.25, -0.2) is 4.68 Å². The van der Waals surface area contributed by atoms with Crippen molar-refractivity contribution >= 4 is 23.8 Å². The normalized spacial score (nSPS) is 11.4. The quantitative estimate of drug-likeness (QED) is 0.721. The van der Waals surface area contributed by atoms with Gasteiger partial charge >= 0.3 is 0 Å². The van der Waals surface area contributed by atoms with Crippen molar-refractivity contribution in [2.24, 2.45) is 0 Å². The van der Waals surface area contributed by atoms with E-state index < -0.39 is 0 Å². The van der Waals surface area contributed by atoms with Gasteiger partial charge in [0, 0.05) is 17.6 Å². The van der Waals surface area contributed by atoms with Gasteiger partial charge in [-0.15, -0.1) is 0 Å². The molecular weight excluding hydrogens is 320 g/mol. The van der Waals surface area contributed by atoms with Crippen LogP contribution in [0.2, 0.25) is 5.02 Å². The molecule has 2 rings (SSSR count). The molecule has 1 heterocycles. The molecule has 22 heavy (non-hydrogen) atoms. The van der Waals surface area contributed by atoms with Crippen molar-refractivity contribution < 1.29 is 4.74 Å². The van der Waals surface area contributed by atoms with E-state index in [-0.39, 0.29) is 0 Å². The number of hydrogen-bond donors (Lipinski definition) is 0. The molecule has 0 bridgehead atoms. The van der Waals surface area contributed by atoms with E-state index in [4.69, 9.17) is 28.6 Å². The van der Waals surface area contributed by atoms with Gasteiger partial charge in [-0.2, -0.15) is 5.10 Å². The van der Waals surface area contributed by atoms with Crippen LogP contribution in [0, 0.1) is 4.77 Å². The van der Waals surface area contributed by atoms with E-state index in [1.165, 1.54) is 0 Å². The highest BCUT2D eigenvalue weighted by atomic mass is 35.5. The molecule has 0 radical (unpaired) electrons. The molecule has 0 aliphatic carbocycles. The number of rotatable bonds is 7. The van der Waals surface area contributed by atoms with Crippen LogP contribution in [0.15, 0.2) is 30.6 Å². The SMILES string of the molecule is CC(C)n1cnn(CN(C)CCOc2cccc(Cl)c2)c1=S. The Kier molecular flexibility index (Phi) is 5.99. The summed E-state index contributed by atoms with van der Waals surface area (Å²) < 4.78 is 10.2. The lowest BCUT2D eigenvalue weighted by atomic mass is 10.3. The average Bonchev–Trinajstić information content (AvgIpc) is 2.80. The van der Waals surface area contributed by atoms with Crippen LogP contribution in [-0.4, -0.2) is 39.4 Å². The maximum atomic E-state index is 5.92. The number of nitrogens with zero attached hydrogens (tertiary/aromatic N) is 4. The first-order chi connectivity index (χ1) is 10.5. The summed E-state index contributed by atoms with van der Waals surface area (Å²) in [5.41, 5.74) is 0. The van der Waals surface area contributed by atoms with Crippen molar-refractivity contribution in [2.45, 2.75) is 26.6 Å². The smallest absolute Gasteiger partial charge is 0.199 e. The third-order valence-electron chi connectivity index (χ3n) is 3.23. The summed E-state index contributed by atoms with van der Waals surface area (Å²) in [6.07, 6.45) is 1.78. The third kappa shape index (κ3) is 4.56. The molecule has 0 saturated heterocycles. The Morgan fingerprint density at radius 3 is 2.82 bits per heavy atom. The van der Waals surface area contributed by atoms with Gasteiger partial charge in [0.05, 0.1) is 6.67 Å². The minimum absolute atomic E-state index is 0.317. The fraction of sp³-hybridized carbons (Fsp3) is 0.467. The number of halogens is 1. The monoisotopic (exact) mass is 340 g/mol. The Labute approximate surface area is 141 Å². The van der Waals surface area contributed by atoms with Crippen molar-refractivity contribution in [1.29, 1.82) is 0 Å². The minimum Gasteiger partial charge on any atom is -0.492 e. The highest BCUT2D eigenvalue weighted by molar-refractivity contribution is 7.71. The molecule has 1 aromatic heterocycles. The highest BCUT2D eigenvalue weighted by Gasteiger charge is 2.07. The molecule has 0 amide bonds. The van der Waals surface area contributed by atoms with Crippen LogP contribution in [0.1, 0.15) is 19.9 Å². The molecule has 0 atom stereocenters. The summed E-state index contributed by atoms with van der Waals surface area (Å²) in [6, 6.07) is 7.72. The predicted octanol–water partition coefficient (Wildman–Crippen LogP) is 3.62. The Balaban J connectivity index is 1.83. The lowest BCUT2D eigenvalue weighted by Gasteiger charge is -2.17. The number of hydrogen-bond acceptors (Lipinski definition) is 4. The second-order valence-corrected chi connectivity index (χ2v) is 6.24. The maximum Gasteiger partial charge on any atom is 0.199 e. The van der Waals surface area contributed by atoms with Crippen LogP contribution >= 0.6 is 23.8 Å². The Morgan fingerprint density at radius 2 is 2.18 bits per heavy atom. The fourth-order valence-corrected chi connectivity index (χ4v) is 2.52. The highest BCUT2D eigenvalue weighted by Crippen LogP contribution is 2.16. The van der Waals surface area contributed by atoms with Gasteiger partial charge in [0.15, 0.2) is 4.77 Å². The van der Waals surface area contributed by atoms with E-state index in [1.54, 1.807) is 6.33 Å². The first kappa shape index (κ1) is 17.0. The second kappa shape index (κ2) is 7.76. The zero-order chi connectivity index (χ0) is 16.1. The molecule has 5 nitrogen and oxygen atoms in total. The molecule has 7 heteroatoms. The summed E-state index contributed by atoms with van der Waals surface area (Å²) in [7, 11) is 2.01. The zero-order valence-electron chi connectivity index (χ0n) is 13.1. The Bertz CT molecular complexity index is 668. The zero-order valence-corrected chi connectivity index (χ0v) is 14.6. The predicted molar refractivity (Wildman–Crippen MR) is 91.0 cm³/mol. The standard InChI is InChI=1S/C15H21ClN4OS/c1-12(2)19-10-17-20(15(19)22)11-18(3)7-8-21-14-6-4-5-13(16)9-14/h4-6,9-10,12H,7-8,11H2,1-3H3. The molecule has 0 fully saturated rings. The van der Waals surface area contributed by atoms with Gasteiger partial charge in [-0.05, 0) is 51.3 Å². The first-order valence-electron chi connectivity index (χ1n) is 7.18. The van der Waals surface area contributed by atoms with E-state index in [0.29, 0.717) is 24.3 Å². The lowest BCUT2D eigenvalue weighted by molar-refractivity contribution is 0.197. The van der Waals surface area contributed by atoms with Crippen LogP contribution in [0.25, 0.3) is 0 Å². The molecule has 1 aromatic carbocycles. The molecule has 0 N–H and O–H groups in total. The number of benzene rings is 1. The summed E-state index contributed by atoms with van der Waals surface area (Å²) >= 11 is 11.3. The van der Waals surface area contributed by atoms with Gasteiger partial charge in [-0.1, -0.05) is 17.7 Å². The van der Waals surface area contributed by atoms with E-state index >= 15 is 0 Å². The summed E-state index contributed by atoms with van der Waals surface area (Å²) in [5.74, 6) is 0.779. The fourth-order valence-electron chi connectivity index (χ4n) is 1.98. The first-order valence-corrected chi connectivity index (χ1v) is 7.97. The molecular formula is C15H21ClN4OS. The van der Waals surface area contributed by atoms with Crippen LogP contribution < -0.4 is 4.74 Å². The molecule has 0 saturated carbocycles. The van der Waals surface area contributed by atoms with Crippen LogP contribution in [0.3, 0.4) is 0 Å². The molecule has 2 aromatic rings. The van der Waals surface area contributed by atoms with Crippen molar-refractivity contribution in [1.82, 2.24) is 19.2 Å². The van der Waals surface area contributed by atoms with Gasteiger partial charge in [-0.3, -0.25) is 4.90 Å². The molecule has 120 valence electrons. The molecule has 0 spiro atoms. The number of aromatic nitrogens is 3.